The summed E-state index contributed by atoms with van der Waals surface area (Å²) >= 11 is 0. The minimum Gasteiger partial charge on any atom is -0.467 e. The first-order valence-electron chi connectivity index (χ1n) is 11.0. The third-order valence-corrected chi connectivity index (χ3v) is 5.83. The lowest BCUT2D eigenvalue weighted by Gasteiger charge is -2.21. The van der Waals surface area contributed by atoms with Gasteiger partial charge in [0.25, 0.3) is 17.7 Å². The van der Waals surface area contributed by atoms with Crippen molar-refractivity contribution in [1.82, 2.24) is 9.80 Å². The second kappa shape index (κ2) is 9.23. The summed E-state index contributed by atoms with van der Waals surface area (Å²) in [6.45, 7) is 0.752. The van der Waals surface area contributed by atoms with E-state index in [-0.39, 0.29) is 42.9 Å². The largest absolute Gasteiger partial charge is 0.467 e. The van der Waals surface area contributed by atoms with Crippen molar-refractivity contribution in [1.29, 1.82) is 0 Å². The first-order valence-corrected chi connectivity index (χ1v) is 11.0. The first-order chi connectivity index (χ1) is 16.6. The van der Waals surface area contributed by atoms with E-state index < -0.39 is 0 Å². The molecule has 34 heavy (non-hydrogen) atoms. The molecule has 0 saturated carbocycles. The molecule has 0 aliphatic carbocycles. The lowest BCUT2D eigenvalue weighted by Crippen LogP contribution is -2.31. The van der Waals surface area contributed by atoms with Crippen LogP contribution in [0.3, 0.4) is 0 Å². The molecule has 1 aliphatic rings. The van der Waals surface area contributed by atoms with E-state index in [1.165, 1.54) is 11.0 Å². The van der Waals surface area contributed by atoms with E-state index in [0.717, 1.165) is 5.56 Å². The molecule has 0 radical (unpaired) electrons. The highest BCUT2D eigenvalue weighted by Gasteiger charge is 2.36. The van der Waals surface area contributed by atoms with E-state index in [0.29, 0.717) is 29.1 Å². The fourth-order valence-corrected chi connectivity index (χ4v) is 4.08. The van der Waals surface area contributed by atoms with Crippen LogP contribution in [0.2, 0.25) is 0 Å². The van der Waals surface area contributed by atoms with E-state index in [9.17, 15) is 14.4 Å². The molecule has 2 aromatic carbocycles. The molecule has 5 rings (SSSR count). The predicted molar refractivity (Wildman–Crippen MR) is 123 cm³/mol. The zero-order valence-electron chi connectivity index (χ0n) is 18.3. The summed E-state index contributed by atoms with van der Waals surface area (Å²) in [4.78, 5) is 42.1. The molecule has 3 amide bonds. The molecule has 0 spiro atoms. The molecular weight excluding hydrogens is 432 g/mol. The number of hydrogen-bond acceptors (Lipinski definition) is 5. The summed E-state index contributed by atoms with van der Waals surface area (Å²) in [7, 11) is 0. The molecule has 0 bridgehead atoms. The van der Waals surface area contributed by atoms with E-state index >= 15 is 0 Å². The monoisotopic (exact) mass is 454 g/mol. The molecule has 0 unspecified atom stereocenters. The maximum absolute atomic E-state index is 13.4. The Morgan fingerprint density at radius 2 is 1.41 bits per heavy atom. The van der Waals surface area contributed by atoms with Crippen molar-refractivity contribution >= 4 is 17.7 Å². The number of fused-ring (bicyclic) bond motifs is 1. The lowest BCUT2D eigenvalue weighted by molar-refractivity contribution is 0.0655. The van der Waals surface area contributed by atoms with Crippen LogP contribution in [0.15, 0.2) is 94.2 Å². The highest BCUT2D eigenvalue weighted by Crippen LogP contribution is 2.26. The van der Waals surface area contributed by atoms with Crippen LogP contribution in [0.25, 0.3) is 0 Å². The van der Waals surface area contributed by atoms with Gasteiger partial charge in [-0.3, -0.25) is 19.3 Å². The van der Waals surface area contributed by atoms with Gasteiger partial charge in [-0.1, -0.05) is 30.3 Å². The third kappa shape index (κ3) is 4.28. The van der Waals surface area contributed by atoms with E-state index in [2.05, 4.69) is 0 Å². The number of imide groups is 1. The van der Waals surface area contributed by atoms with E-state index in [1.54, 1.807) is 53.8 Å². The molecule has 3 heterocycles. The fourth-order valence-electron chi connectivity index (χ4n) is 4.08. The Bertz CT molecular complexity index is 1270. The fraction of sp³-hybridized carbons (Fsp3) is 0.148. The Morgan fingerprint density at radius 3 is 2.03 bits per heavy atom. The highest BCUT2D eigenvalue weighted by molar-refractivity contribution is 6.22. The molecule has 0 saturated heterocycles. The van der Waals surface area contributed by atoms with Crippen molar-refractivity contribution in [3.05, 3.63) is 119 Å². The summed E-state index contributed by atoms with van der Waals surface area (Å²) in [6, 6.07) is 21.4. The van der Waals surface area contributed by atoms with Gasteiger partial charge in [-0.15, -0.1) is 0 Å². The molecule has 7 nitrogen and oxygen atoms in total. The van der Waals surface area contributed by atoms with Gasteiger partial charge in [0, 0.05) is 12.1 Å². The molecule has 4 aromatic rings. The molecule has 0 N–H and O–H groups in total. The van der Waals surface area contributed by atoms with Crippen LogP contribution in [0, 0.1) is 0 Å². The summed E-state index contributed by atoms with van der Waals surface area (Å²) < 4.78 is 10.8. The maximum Gasteiger partial charge on any atom is 0.261 e. The van der Waals surface area contributed by atoms with Gasteiger partial charge in [0.15, 0.2) is 0 Å². The van der Waals surface area contributed by atoms with Crippen LogP contribution < -0.4 is 0 Å². The van der Waals surface area contributed by atoms with Crippen LogP contribution in [0.1, 0.15) is 48.2 Å². The number of amides is 3. The molecular formula is C27H22N2O5. The Hall–Kier alpha value is -4.39. The highest BCUT2D eigenvalue weighted by atomic mass is 16.3. The van der Waals surface area contributed by atoms with Crippen LogP contribution in [0.4, 0.5) is 0 Å². The minimum absolute atomic E-state index is 0.236. The second-order valence-electron chi connectivity index (χ2n) is 8.08. The second-order valence-corrected chi connectivity index (χ2v) is 8.08. The molecule has 0 fully saturated rings. The van der Waals surface area contributed by atoms with Crippen molar-refractivity contribution in [2.45, 2.75) is 19.5 Å². The summed E-state index contributed by atoms with van der Waals surface area (Å²) in [5, 5.41) is 0. The number of benzene rings is 2. The summed E-state index contributed by atoms with van der Waals surface area (Å²) in [5.41, 5.74) is 1.93. The van der Waals surface area contributed by atoms with Crippen molar-refractivity contribution in [3.8, 4) is 0 Å². The van der Waals surface area contributed by atoms with Gasteiger partial charge >= 0.3 is 0 Å². The Balaban J connectivity index is 1.37. The summed E-state index contributed by atoms with van der Waals surface area (Å²) in [6.07, 6.45) is 3.67. The minimum atomic E-state index is -0.380. The molecule has 0 atom stereocenters. The van der Waals surface area contributed by atoms with Crippen LogP contribution in [0.5, 0.6) is 0 Å². The average Bonchev–Trinajstić information content (AvgIpc) is 3.61. The van der Waals surface area contributed by atoms with Crippen LogP contribution >= 0.6 is 0 Å². The van der Waals surface area contributed by atoms with Gasteiger partial charge in [0.05, 0.1) is 36.7 Å². The van der Waals surface area contributed by atoms with Crippen molar-refractivity contribution in [2.75, 3.05) is 6.54 Å². The lowest BCUT2D eigenvalue weighted by atomic mass is 10.0. The topological polar surface area (TPSA) is 84.0 Å². The number of hydrogen-bond donors (Lipinski definition) is 0. The molecule has 1 aliphatic heterocycles. The molecule has 7 heteroatoms. The number of nitrogens with zero attached hydrogens (tertiary/aromatic N) is 2. The SMILES string of the molecule is O=C(c1ccc2c(c1)C(=O)N(CCc1ccccc1)C2=O)N(Cc1ccco1)Cc1ccco1. The van der Waals surface area contributed by atoms with Crippen molar-refractivity contribution in [2.24, 2.45) is 0 Å². The Morgan fingerprint density at radius 1 is 0.765 bits per heavy atom. The zero-order valence-corrected chi connectivity index (χ0v) is 18.3. The third-order valence-electron chi connectivity index (χ3n) is 5.83. The quantitative estimate of drug-likeness (QED) is 0.365. The first kappa shape index (κ1) is 21.5. The van der Waals surface area contributed by atoms with E-state index in [4.69, 9.17) is 8.83 Å². The zero-order chi connectivity index (χ0) is 23.5. The molecule has 170 valence electrons. The van der Waals surface area contributed by atoms with Crippen molar-refractivity contribution in [3.63, 3.8) is 0 Å². The van der Waals surface area contributed by atoms with Gasteiger partial charge in [0.1, 0.15) is 11.5 Å². The van der Waals surface area contributed by atoms with Crippen LogP contribution in [-0.2, 0) is 19.5 Å². The maximum atomic E-state index is 13.4. The number of carbonyl (C=O) groups is 3. The van der Waals surface area contributed by atoms with Gasteiger partial charge < -0.3 is 13.7 Å². The van der Waals surface area contributed by atoms with Gasteiger partial charge in [-0.2, -0.15) is 0 Å². The summed E-state index contributed by atoms with van der Waals surface area (Å²) in [5.74, 6) is 0.240. The smallest absolute Gasteiger partial charge is 0.261 e. The van der Waals surface area contributed by atoms with Crippen molar-refractivity contribution < 1.29 is 23.2 Å². The average molecular weight is 454 g/mol. The number of carbonyl (C=O) groups excluding carboxylic acids is 3. The normalized spacial score (nSPS) is 12.8. The van der Waals surface area contributed by atoms with Gasteiger partial charge in [-0.25, -0.2) is 0 Å². The molecule has 2 aromatic heterocycles. The Labute approximate surface area is 196 Å². The Kier molecular flexibility index (Phi) is 5.82. The van der Waals surface area contributed by atoms with Gasteiger partial charge in [-0.05, 0) is 54.4 Å². The van der Waals surface area contributed by atoms with E-state index in [1.807, 2.05) is 30.3 Å². The number of furan rings is 2. The van der Waals surface area contributed by atoms with Crippen LogP contribution in [-0.4, -0.2) is 34.1 Å². The predicted octanol–water partition coefficient (Wildman–Crippen LogP) is 4.55. The number of rotatable bonds is 8. The standard InChI is InChI=1S/C27H22N2O5/c30-25(28(17-21-8-4-14-33-21)18-22-9-5-15-34-22)20-10-11-23-24(16-20)27(32)29(26(23)31)13-12-19-6-2-1-3-7-19/h1-11,14-16H,12-13,17-18H2. The van der Waals surface area contributed by atoms with Gasteiger partial charge in [0.2, 0.25) is 0 Å².